The zero-order valence-electron chi connectivity index (χ0n) is 13.6. The fraction of sp³-hybridized carbons (Fsp3) is 0.316. The summed E-state index contributed by atoms with van der Waals surface area (Å²) >= 11 is 0. The summed E-state index contributed by atoms with van der Waals surface area (Å²) < 4.78 is 27.0. The Labute approximate surface area is 140 Å². The fourth-order valence-electron chi connectivity index (χ4n) is 2.60. The first-order valence-corrected chi connectivity index (χ1v) is 8.05. The normalized spacial score (nSPS) is 13.3. The Morgan fingerprint density at radius 3 is 2.42 bits per heavy atom. The second kappa shape index (κ2) is 8.55. The molecule has 5 heteroatoms. The molecule has 0 bridgehead atoms. The van der Waals surface area contributed by atoms with Gasteiger partial charge < -0.3 is 11.1 Å². The molecule has 24 heavy (non-hydrogen) atoms. The van der Waals surface area contributed by atoms with Gasteiger partial charge in [0.2, 0.25) is 5.91 Å². The minimum Gasteiger partial charge on any atom is -0.348 e. The molecule has 2 aromatic carbocycles. The SMILES string of the molecule is CCCC(N)C(=O)NC(Cc1cccc(F)c1)c1cccc(F)c1. The molecular formula is C19H22F2N2O. The molecule has 2 aromatic rings. The minimum absolute atomic E-state index is 0.289. The van der Waals surface area contributed by atoms with E-state index in [1.165, 1.54) is 24.3 Å². The highest BCUT2D eigenvalue weighted by Gasteiger charge is 2.20. The summed E-state index contributed by atoms with van der Waals surface area (Å²) in [5.41, 5.74) is 7.19. The van der Waals surface area contributed by atoms with Gasteiger partial charge in [-0.1, -0.05) is 37.6 Å². The monoisotopic (exact) mass is 332 g/mol. The lowest BCUT2D eigenvalue weighted by Crippen LogP contribution is -2.42. The molecule has 0 spiro atoms. The highest BCUT2D eigenvalue weighted by atomic mass is 19.1. The Morgan fingerprint density at radius 2 is 1.79 bits per heavy atom. The van der Waals surface area contributed by atoms with Gasteiger partial charge in [0.15, 0.2) is 0 Å². The molecule has 1 amide bonds. The fourth-order valence-corrected chi connectivity index (χ4v) is 2.60. The number of nitrogens with two attached hydrogens (primary N) is 1. The van der Waals surface area contributed by atoms with Crippen LogP contribution >= 0.6 is 0 Å². The lowest BCUT2D eigenvalue weighted by molar-refractivity contribution is -0.123. The third kappa shape index (κ3) is 5.13. The van der Waals surface area contributed by atoms with E-state index in [9.17, 15) is 13.6 Å². The van der Waals surface area contributed by atoms with Crippen LogP contribution < -0.4 is 11.1 Å². The van der Waals surface area contributed by atoms with Crippen LogP contribution in [0.5, 0.6) is 0 Å². The van der Waals surface area contributed by atoms with Crippen molar-refractivity contribution in [2.24, 2.45) is 5.73 Å². The molecule has 2 rings (SSSR count). The average Bonchev–Trinajstić information content (AvgIpc) is 2.54. The van der Waals surface area contributed by atoms with E-state index in [1.807, 2.05) is 6.92 Å². The van der Waals surface area contributed by atoms with E-state index in [2.05, 4.69) is 5.32 Å². The number of hydrogen-bond donors (Lipinski definition) is 2. The maximum Gasteiger partial charge on any atom is 0.237 e. The van der Waals surface area contributed by atoms with Gasteiger partial charge in [-0.05, 0) is 48.2 Å². The quantitative estimate of drug-likeness (QED) is 0.815. The van der Waals surface area contributed by atoms with Gasteiger partial charge in [-0.25, -0.2) is 8.78 Å². The number of hydrogen-bond acceptors (Lipinski definition) is 2. The number of carbonyl (C=O) groups is 1. The molecule has 2 unspecified atom stereocenters. The highest BCUT2D eigenvalue weighted by Crippen LogP contribution is 2.20. The first-order valence-electron chi connectivity index (χ1n) is 8.05. The molecule has 0 saturated carbocycles. The smallest absolute Gasteiger partial charge is 0.237 e. The maximum atomic E-state index is 13.5. The van der Waals surface area contributed by atoms with Gasteiger partial charge in [0.05, 0.1) is 12.1 Å². The minimum atomic E-state index is -0.612. The van der Waals surface area contributed by atoms with Crippen LogP contribution in [0, 0.1) is 11.6 Å². The summed E-state index contributed by atoms with van der Waals surface area (Å²) in [6.45, 7) is 1.95. The number of carbonyl (C=O) groups excluding carboxylic acids is 1. The summed E-state index contributed by atoms with van der Waals surface area (Å²) in [4.78, 5) is 12.3. The molecule has 0 aliphatic carbocycles. The van der Waals surface area contributed by atoms with Crippen LogP contribution in [0.2, 0.25) is 0 Å². The maximum absolute atomic E-state index is 13.5. The molecule has 0 aliphatic rings. The van der Waals surface area contributed by atoms with Crippen molar-refractivity contribution >= 4 is 5.91 Å². The van der Waals surface area contributed by atoms with Crippen LogP contribution in [0.15, 0.2) is 48.5 Å². The van der Waals surface area contributed by atoms with Crippen molar-refractivity contribution in [2.75, 3.05) is 0 Å². The third-order valence-electron chi connectivity index (χ3n) is 3.83. The van der Waals surface area contributed by atoms with Crippen molar-refractivity contribution in [3.05, 3.63) is 71.3 Å². The van der Waals surface area contributed by atoms with Gasteiger partial charge in [0.1, 0.15) is 11.6 Å². The summed E-state index contributed by atoms with van der Waals surface area (Å²) in [6.07, 6.45) is 1.72. The number of rotatable bonds is 7. The van der Waals surface area contributed by atoms with Crippen molar-refractivity contribution in [3.63, 3.8) is 0 Å². The topological polar surface area (TPSA) is 55.1 Å². The van der Waals surface area contributed by atoms with E-state index in [4.69, 9.17) is 5.73 Å². The van der Waals surface area contributed by atoms with E-state index < -0.39 is 12.1 Å². The molecule has 2 atom stereocenters. The predicted molar refractivity (Wildman–Crippen MR) is 90.3 cm³/mol. The van der Waals surface area contributed by atoms with Crippen LogP contribution in [0.4, 0.5) is 8.78 Å². The second-order valence-electron chi connectivity index (χ2n) is 5.85. The van der Waals surface area contributed by atoms with E-state index in [1.54, 1.807) is 24.3 Å². The van der Waals surface area contributed by atoms with E-state index in [0.29, 0.717) is 24.0 Å². The molecule has 128 valence electrons. The van der Waals surface area contributed by atoms with Crippen molar-refractivity contribution in [1.82, 2.24) is 5.32 Å². The van der Waals surface area contributed by atoms with Crippen molar-refractivity contribution in [1.29, 1.82) is 0 Å². The van der Waals surface area contributed by atoms with E-state index in [0.717, 1.165) is 6.42 Å². The standard InChI is InChI=1S/C19H22F2N2O/c1-2-5-17(22)19(24)23-18(14-7-4-9-16(21)12-14)11-13-6-3-8-15(20)10-13/h3-4,6-10,12,17-18H,2,5,11,22H2,1H3,(H,23,24). The van der Waals surface area contributed by atoms with Crippen LogP contribution in [0.3, 0.4) is 0 Å². The molecule has 0 heterocycles. The lowest BCUT2D eigenvalue weighted by atomic mass is 9.98. The number of amides is 1. The second-order valence-corrected chi connectivity index (χ2v) is 5.85. The van der Waals surface area contributed by atoms with E-state index in [-0.39, 0.29) is 17.5 Å². The molecule has 0 aliphatic heterocycles. The third-order valence-corrected chi connectivity index (χ3v) is 3.83. The van der Waals surface area contributed by atoms with Gasteiger partial charge in [-0.3, -0.25) is 4.79 Å². The number of benzene rings is 2. The molecule has 0 aromatic heterocycles. The van der Waals surface area contributed by atoms with Crippen molar-refractivity contribution < 1.29 is 13.6 Å². The Morgan fingerprint density at radius 1 is 1.12 bits per heavy atom. The lowest BCUT2D eigenvalue weighted by Gasteiger charge is -2.22. The van der Waals surface area contributed by atoms with Gasteiger partial charge in [-0.2, -0.15) is 0 Å². The first kappa shape index (κ1) is 18.1. The average molecular weight is 332 g/mol. The molecule has 0 fully saturated rings. The summed E-state index contributed by atoms with van der Waals surface area (Å²) in [5, 5.41) is 2.86. The van der Waals surface area contributed by atoms with Gasteiger partial charge in [0, 0.05) is 0 Å². The van der Waals surface area contributed by atoms with Crippen molar-refractivity contribution in [2.45, 2.75) is 38.3 Å². The Balaban J connectivity index is 2.22. The van der Waals surface area contributed by atoms with E-state index >= 15 is 0 Å². The van der Waals surface area contributed by atoms with Crippen LogP contribution in [0.25, 0.3) is 0 Å². The largest absolute Gasteiger partial charge is 0.348 e. The Kier molecular flexibility index (Phi) is 6.44. The van der Waals surface area contributed by atoms with Crippen molar-refractivity contribution in [3.8, 4) is 0 Å². The molecule has 0 radical (unpaired) electrons. The highest BCUT2D eigenvalue weighted by molar-refractivity contribution is 5.81. The number of halogens is 2. The zero-order valence-corrected chi connectivity index (χ0v) is 13.6. The molecular weight excluding hydrogens is 310 g/mol. The zero-order chi connectivity index (χ0) is 17.5. The van der Waals surface area contributed by atoms with Gasteiger partial charge >= 0.3 is 0 Å². The molecule has 3 N–H and O–H groups in total. The summed E-state index contributed by atoms with van der Waals surface area (Å²) in [5.74, 6) is -1.02. The number of nitrogens with one attached hydrogen (secondary N) is 1. The van der Waals surface area contributed by atoms with Gasteiger partial charge in [-0.15, -0.1) is 0 Å². The van der Waals surface area contributed by atoms with Crippen LogP contribution in [-0.2, 0) is 11.2 Å². The first-order chi connectivity index (χ1) is 11.5. The Bertz CT molecular complexity index is 691. The summed E-state index contributed by atoms with van der Waals surface area (Å²) in [6, 6.07) is 11.1. The van der Waals surface area contributed by atoms with Gasteiger partial charge in [0.25, 0.3) is 0 Å². The summed E-state index contributed by atoms with van der Waals surface area (Å²) in [7, 11) is 0. The molecule has 0 saturated heterocycles. The predicted octanol–water partition coefficient (Wildman–Crippen LogP) is 3.49. The van der Waals surface area contributed by atoms with Crippen LogP contribution in [-0.4, -0.2) is 11.9 Å². The molecule has 3 nitrogen and oxygen atoms in total. The Hall–Kier alpha value is -2.27. The van der Waals surface area contributed by atoms with Crippen LogP contribution in [0.1, 0.15) is 36.9 Å².